The first-order chi connectivity index (χ1) is 17.7. The van der Waals surface area contributed by atoms with Gasteiger partial charge in [0.05, 0.1) is 11.6 Å². The minimum absolute atomic E-state index is 0.0130. The second-order valence-electron chi connectivity index (χ2n) is 10.2. The van der Waals surface area contributed by atoms with Gasteiger partial charge in [-0.05, 0) is 79.0 Å². The summed E-state index contributed by atoms with van der Waals surface area (Å²) in [6.45, 7) is 8.87. The number of carbonyl (C=O) groups is 3. The molecule has 0 fully saturated rings. The molecular weight excluding hydrogens is 464 g/mol. The highest BCUT2D eigenvalue weighted by molar-refractivity contribution is 5.95. The molecule has 3 rings (SSSR count). The van der Waals surface area contributed by atoms with E-state index in [9.17, 15) is 14.4 Å². The van der Waals surface area contributed by atoms with Crippen molar-refractivity contribution in [2.75, 3.05) is 11.9 Å². The fraction of sp³-hybridized carbons (Fsp3) is 0.400. The lowest BCUT2D eigenvalue weighted by Crippen LogP contribution is -2.37. The molecule has 0 aromatic heterocycles. The summed E-state index contributed by atoms with van der Waals surface area (Å²) in [6, 6.07) is 16.2. The van der Waals surface area contributed by atoms with Crippen molar-refractivity contribution < 1.29 is 14.4 Å². The third kappa shape index (κ3) is 8.04. The van der Waals surface area contributed by atoms with Crippen LogP contribution < -0.4 is 16.0 Å². The Labute approximate surface area is 219 Å². The van der Waals surface area contributed by atoms with E-state index in [-0.39, 0.29) is 29.6 Å². The van der Waals surface area contributed by atoms with Gasteiger partial charge in [-0.3, -0.25) is 14.4 Å². The third-order valence-corrected chi connectivity index (χ3v) is 7.05. The van der Waals surface area contributed by atoms with E-state index in [1.54, 1.807) is 36.4 Å². The van der Waals surface area contributed by atoms with Crippen LogP contribution in [0.15, 0.2) is 60.2 Å². The molecule has 37 heavy (non-hydrogen) atoms. The first-order valence-electron chi connectivity index (χ1n) is 12.8. The molecule has 1 aliphatic carbocycles. The number of amides is 3. The summed E-state index contributed by atoms with van der Waals surface area (Å²) in [5.74, 6) is 0.835. The molecule has 0 unspecified atom stereocenters. The molecule has 0 spiro atoms. The molecule has 2 aromatic rings. The summed E-state index contributed by atoms with van der Waals surface area (Å²) in [7, 11) is 0. The highest BCUT2D eigenvalue weighted by Crippen LogP contribution is 2.38. The molecule has 0 bridgehead atoms. The van der Waals surface area contributed by atoms with E-state index < -0.39 is 0 Å². The summed E-state index contributed by atoms with van der Waals surface area (Å²) >= 11 is 0. The Morgan fingerprint density at radius 2 is 1.70 bits per heavy atom. The lowest BCUT2D eigenvalue weighted by molar-refractivity contribution is -0.122. The summed E-state index contributed by atoms with van der Waals surface area (Å²) in [4.78, 5) is 36.6. The van der Waals surface area contributed by atoms with Gasteiger partial charge in [0.1, 0.15) is 0 Å². The number of nitrogens with zero attached hydrogens (tertiary/aromatic N) is 1. The van der Waals surface area contributed by atoms with Crippen LogP contribution in [0.5, 0.6) is 0 Å². The van der Waals surface area contributed by atoms with Crippen molar-refractivity contribution in [3.63, 3.8) is 0 Å². The van der Waals surface area contributed by atoms with E-state index in [4.69, 9.17) is 5.26 Å². The topological polar surface area (TPSA) is 111 Å². The Morgan fingerprint density at radius 3 is 2.30 bits per heavy atom. The summed E-state index contributed by atoms with van der Waals surface area (Å²) in [6.07, 6.45) is 3.56. The summed E-state index contributed by atoms with van der Waals surface area (Å²) in [5, 5.41) is 17.7. The van der Waals surface area contributed by atoms with Gasteiger partial charge < -0.3 is 16.0 Å². The number of benzene rings is 2. The van der Waals surface area contributed by atoms with Crippen molar-refractivity contribution in [3.8, 4) is 6.07 Å². The van der Waals surface area contributed by atoms with Gasteiger partial charge in [-0.2, -0.15) is 5.26 Å². The summed E-state index contributed by atoms with van der Waals surface area (Å²) in [5.41, 5.74) is 3.95. The molecular formula is C30H36N4O3. The number of allylic oxidation sites excluding steroid dienone is 1. The number of carbonyl (C=O) groups excluding carboxylic acids is 3. The Morgan fingerprint density at radius 1 is 1.03 bits per heavy atom. The largest absolute Gasteiger partial charge is 0.352 e. The van der Waals surface area contributed by atoms with Gasteiger partial charge in [0.2, 0.25) is 11.8 Å². The minimum atomic E-state index is -0.154. The van der Waals surface area contributed by atoms with Gasteiger partial charge in [-0.1, -0.05) is 37.6 Å². The van der Waals surface area contributed by atoms with Crippen molar-refractivity contribution >= 4 is 23.4 Å². The molecule has 3 atom stereocenters. The molecule has 3 N–H and O–H groups in total. The molecule has 194 valence electrons. The summed E-state index contributed by atoms with van der Waals surface area (Å²) < 4.78 is 0. The van der Waals surface area contributed by atoms with Gasteiger partial charge in [0.15, 0.2) is 0 Å². The van der Waals surface area contributed by atoms with E-state index in [0.29, 0.717) is 48.2 Å². The molecule has 0 aliphatic heterocycles. The zero-order valence-corrected chi connectivity index (χ0v) is 22.0. The smallest absolute Gasteiger partial charge is 0.251 e. The number of nitriles is 1. The van der Waals surface area contributed by atoms with E-state index in [0.717, 1.165) is 12.0 Å². The highest BCUT2D eigenvalue weighted by atomic mass is 16.2. The Balaban J connectivity index is 1.56. The predicted molar refractivity (Wildman–Crippen MR) is 144 cm³/mol. The number of nitrogens with one attached hydrogen (secondary N) is 3. The minimum Gasteiger partial charge on any atom is -0.352 e. The van der Waals surface area contributed by atoms with Crippen molar-refractivity contribution in [1.29, 1.82) is 5.26 Å². The van der Waals surface area contributed by atoms with Crippen LogP contribution in [0, 0.1) is 35.0 Å². The van der Waals surface area contributed by atoms with Crippen molar-refractivity contribution in [1.82, 2.24) is 10.6 Å². The van der Waals surface area contributed by atoms with E-state index >= 15 is 0 Å². The van der Waals surface area contributed by atoms with Crippen molar-refractivity contribution in [2.24, 2.45) is 23.7 Å². The zero-order chi connectivity index (χ0) is 26.9. The van der Waals surface area contributed by atoms with E-state index in [1.165, 1.54) is 12.5 Å². The van der Waals surface area contributed by atoms with Gasteiger partial charge in [0, 0.05) is 37.7 Å². The van der Waals surface area contributed by atoms with Crippen molar-refractivity contribution in [3.05, 3.63) is 76.9 Å². The van der Waals surface area contributed by atoms with Crippen LogP contribution in [0.2, 0.25) is 0 Å². The van der Waals surface area contributed by atoms with Gasteiger partial charge in [0.25, 0.3) is 5.91 Å². The van der Waals surface area contributed by atoms with Crippen LogP contribution in [-0.2, 0) is 16.1 Å². The predicted octanol–water partition coefficient (Wildman–Crippen LogP) is 4.81. The van der Waals surface area contributed by atoms with Gasteiger partial charge in [-0.25, -0.2) is 0 Å². The van der Waals surface area contributed by atoms with E-state index in [1.807, 2.05) is 12.1 Å². The monoisotopic (exact) mass is 500 g/mol. The van der Waals surface area contributed by atoms with Crippen LogP contribution >= 0.6 is 0 Å². The Bertz CT molecular complexity index is 1180. The average molecular weight is 501 g/mol. The maximum absolute atomic E-state index is 12.7. The molecule has 0 saturated carbocycles. The molecule has 0 saturated heterocycles. The zero-order valence-electron chi connectivity index (χ0n) is 22.0. The molecule has 0 radical (unpaired) electrons. The first-order valence-corrected chi connectivity index (χ1v) is 12.8. The quantitative estimate of drug-likeness (QED) is 0.429. The Hall–Kier alpha value is -3.92. The number of rotatable bonds is 9. The van der Waals surface area contributed by atoms with Gasteiger partial charge >= 0.3 is 0 Å². The van der Waals surface area contributed by atoms with Crippen LogP contribution in [0.25, 0.3) is 0 Å². The number of anilines is 1. The number of hydrogen-bond donors (Lipinski definition) is 3. The maximum atomic E-state index is 12.7. The lowest BCUT2D eigenvalue weighted by atomic mass is 9.69. The molecule has 7 heteroatoms. The molecule has 2 aromatic carbocycles. The maximum Gasteiger partial charge on any atom is 0.251 e. The SMILES string of the molecule is CC(=O)Nc1ccc(C(=O)NC[C@@H]2C=C(C)[C@H](CC(=O)NCc3ccc(C#N)cc3)C[C@H]2C(C)C)cc1. The van der Waals surface area contributed by atoms with Crippen molar-refractivity contribution in [2.45, 2.75) is 47.1 Å². The fourth-order valence-electron chi connectivity index (χ4n) is 4.92. The van der Waals surface area contributed by atoms with Crippen LogP contribution in [0.3, 0.4) is 0 Å². The van der Waals surface area contributed by atoms with Crippen LogP contribution in [-0.4, -0.2) is 24.3 Å². The van der Waals surface area contributed by atoms with Crippen LogP contribution in [0.1, 0.15) is 62.0 Å². The molecule has 3 amide bonds. The second kappa shape index (κ2) is 12.9. The second-order valence-corrected chi connectivity index (χ2v) is 10.2. The van der Waals surface area contributed by atoms with E-state index in [2.05, 4.69) is 48.9 Å². The number of hydrogen-bond acceptors (Lipinski definition) is 4. The molecule has 7 nitrogen and oxygen atoms in total. The lowest BCUT2D eigenvalue weighted by Gasteiger charge is -2.37. The molecule has 0 heterocycles. The van der Waals surface area contributed by atoms with Gasteiger partial charge in [-0.15, -0.1) is 0 Å². The molecule has 1 aliphatic rings. The average Bonchev–Trinajstić information content (AvgIpc) is 2.87. The standard InChI is InChI=1S/C30H36N4O3/c1-19(2)28-14-25(15-29(36)32-17-23-7-5-22(16-31)6-8-23)20(3)13-26(28)18-33-30(37)24-9-11-27(12-10-24)34-21(4)35/h5-13,19,25-26,28H,14-15,17-18H2,1-4H3,(H,32,36)(H,33,37)(H,34,35)/t25-,26-,28-/m0/s1. The first kappa shape index (κ1) is 27.7. The highest BCUT2D eigenvalue weighted by Gasteiger charge is 2.32. The van der Waals surface area contributed by atoms with Crippen LogP contribution in [0.4, 0.5) is 5.69 Å². The fourth-order valence-corrected chi connectivity index (χ4v) is 4.92. The Kier molecular flexibility index (Phi) is 9.62. The normalized spacial score (nSPS) is 18.9. The third-order valence-electron chi connectivity index (χ3n) is 7.05.